The number of carbonyl (C=O) groups excluding carboxylic acids is 1. The Balaban J connectivity index is 1.52. The van der Waals surface area contributed by atoms with Gasteiger partial charge in [-0.1, -0.05) is 30.3 Å². The summed E-state index contributed by atoms with van der Waals surface area (Å²) in [4.78, 5) is 12.7. The highest BCUT2D eigenvalue weighted by Gasteiger charge is 2.09. The number of amides is 1. The van der Waals surface area contributed by atoms with Gasteiger partial charge in [0.15, 0.2) is 0 Å². The van der Waals surface area contributed by atoms with Crippen LogP contribution < -0.4 is 10.1 Å². The van der Waals surface area contributed by atoms with Gasteiger partial charge in [-0.15, -0.1) is 11.3 Å². The predicted molar refractivity (Wildman–Crippen MR) is 90.8 cm³/mol. The molecule has 0 radical (unpaired) electrons. The Kier molecular flexibility index (Phi) is 4.39. The number of benzene rings is 2. The van der Waals surface area contributed by atoms with E-state index in [1.807, 2.05) is 48.7 Å². The molecule has 2 aromatic carbocycles. The molecule has 112 valence electrons. The maximum atomic E-state index is 12.0. The third-order valence-electron chi connectivity index (χ3n) is 3.45. The molecule has 0 unspecified atom stereocenters. The number of hydrogen-bond acceptors (Lipinski definition) is 3. The topological polar surface area (TPSA) is 38.3 Å². The van der Waals surface area contributed by atoms with Crippen molar-refractivity contribution in [2.45, 2.75) is 6.92 Å². The van der Waals surface area contributed by atoms with Crippen LogP contribution in [0.4, 0.5) is 0 Å². The number of nitrogens with one attached hydrogen (secondary N) is 1. The van der Waals surface area contributed by atoms with Crippen LogP contribution >= 0.6 is 11.3 Å². The van der Waals surface area contributed by atoms with E-state index in [0.717, 1.165) is 21.6 Å². The molecule has 1 N–H and O–H groups in total. The van der Waals surface area contributed by atoms with Gasteiger partial charge in [0, 0.05) is 0 Å². The molecule has 0 fully saturated rings. The average molecular weight is 311 g/mol. The summed E-state index contributed by atoms with van der Waals surface area (Å²) in [7, 11) is 0. The van der Waals surface area contributed by atoms with E-state index in [2.05, 4.69) is 17.4 Å². The molecule has 3 aromatic rings. The first-order valence-electron chi connectivity index (χ1n) is 7.18. The lowest BCUT2D eigenvalue weighted by Crippen LogP contribution is -2.27. The lowest BCUT2D eigenvalue weighted by atomic mass is 10.1. The number of thiophene rings is 1. The van der Waals surface area contributed by atoms with Crippen molar-refractivity contribution in [3.05, 3.63) is 64.4 Å². The second-order valence-electron chi connectivity index (χ2n) is 5.05. The molecule has 0 spiro atoms. The molecule has 3 rings (SSSR count). The van der Waals surface area contributed by atoms with Crippen molar-refractivity contribution >= 4 is 28.0 Å². The van der Waals surface area contributed by atoms with Gasteiger partial charge in [0.1, 0.15) is 12.4 Å². The second-order valence-corrected chi connectivity index (χ2v) is 5.96. The number of hydrogen-bond donors (Lipinski definition) is 1. The summed E-state index contributed by atoms with van der Waals surface area (Å²) >= 11 is 1.46. The number of rotatable bonds is 5. The van der Waals surface area contributed by atoms with E-state index in [0.29, 0.717) is 13.2 Å². The fraction of sp³-hybridized carbons (Fsp3) is 0.167. The molecule has 0 saturated carbocycles. The van der Waals surface area contributed by atoms with Crippen LogP contribution in [-0.4, -0.2) is 19.1 Å². The summed E-state index contributed by atoms with van der Waals surface area (Å²) in [6, 6.07) is 16.1. The molecule has 0 aliphatic rings. The first-order chi connectivity index (χ1) is 10.7. The Bertz CT molecular complexity index is 794. The van der Waals surface area contributed by atoms with Crippen LogP contribution in [0.2, 0.25) is 0 Å². The highest BCUT2D eigenvalue weighted by molar-refractivity contribution is 7.12. The Morgan fingerprint density at radius 3 is 2.73 bits per heavy atom. The summed E-state index contributed by atoms with van der Waals surface area (Å²) in [6.07, 6.45) is 0. The van der Waals surface area contributed by atoms with Gasteiger partial charge in [-0.05, 0) is 46.8 Å². The highest BCUT2D eigenvalue weighted by Crippen LogP contribution is 2.20. The van der Waals surface area contributed by atoms with Crippen molar-refractivity contribution in [3.63, 3.8) is 0 Å². The number of carbonyl (C=O) groups is 1. The van der Waals surface area contributed by atoms with Crippen LogP contribution in [0.5, 0.6) is 5.75 Å². The number of fused-ring (bicyclic) bond motifs is 1. The number of ether oxygens (including phenoxy) is 1. The molecule has 1 aromatic heterocycles. The van der Waals surface area contributed by atoms with Crippen LogP contribution in [0.25, 0.3) is 10.8 Å². The zero-order valence-corrected chi connectivity index (χ0v) is 13.2. The maximum absolute atomic E-state index is 12.0. The molecule has 0 atom stereocenters. The van der Waals surface area contributed by atoms with Crippen molar-refractivity contribution in [1.29, 1.82) is 0 Å². The maximum Gasteiger partial charge on any atom is 0.261 e. The number of aryl methyl sites for hydroxylation is 1. The van der Waals surface area contributed by atoms with Crippen molar-refractivity contribution < 1.29 is 9.53 Å². The Morgan fingerprint density at radius 1 is 1.14 bits per heavy atom. The van der Waals surface area contributed by atoms with Gasteiger partial charge < -0.3 is 10.1 Å². The van der Waals surface area contributed by atoms with E-state index in [4.69, 9.17) is 4.74 Å². The standard InChI is InChI=1S/C18H17NO2S/c1-13-8-11-22-17(13)18(20)19-9-10-21-16-7-6-14-4-2-3-5-15(14)12-16/h2-8,11-12H,9-10H2,1H3,(H,19,20). The summed E-state index contributed by atoms with van der Waals surface area (Å²) in [5.74, 6) is 0.787. The zero-order chi connectivity index (χ0) is 15.4. The fourth-order valence-corrected chi connectivity index (χ4v) is 3.12. The Labute approximate surface area is 133 Å². The van der Waals surface area contributed by atoms with Crippen LogP contribution in [0, 0.1) is 6.92 Å². The minimum Gasteiger partial charge on any atom is -0.492 e. The molecule has 0 saturated heterocycles. The van der Waals surface area contributed by atoms with Crippen molar-refractivity contribution in [2.75, 3.05) is 13.2 Å². The van der Waals surface area contributed by atoms with Crippen LogP contribution in [0.3, 0.4) is 0 Å². The third-order valence-corrected chi connectivity index (χ3v) is 4.46. The monoisotopic (exact) mass is 311 g/mol. The minimum atomic E-state index is -0.0328. The average Bonchev–Trinajstić information content (AvgIpc) is 2.97. The van der Waals surface area contributed by atoms with Crippen molar-refractivity contribution in [3.8, 4) is 5.75 Å². The van der Waals surface area contributed by atoms with E-state index in [1.54, 1.807) is 0 Å². The van der Waals surface area contributed by atoms with E-state index in [-0.39, 0.29) is 5.91 Å². The Hall–Kier alpha value is -2.33. The van der Waals surface area contributed by atoms with Crippen LogP contribution in [0.1, 0.15) is 15.2 Å². The molecule has 22 heavy (non-hydrogen) atoms. The smallest absolute Gasteiger partial charge is 0.261 e. The largest absolute Gasteiger partial charge is 0.492 e. The first kappa shape index (κ1) is 14.6. The first-order valence-corrected chi connectivity index (χ1v) is 8.06. The van der Waals surface area contributed by atoms with E-state index in [9.17, 15) is 4.79 Å². The van der Waals surface area contributed by atoms with Gasteiger partial charge in [-0.3, -0.25) is 4.79 Å². The van der Waals surface area contributed by atoms with E-state index in [1.165, 1.54) is 16.7 Å². The zero-order valence-electron chi connectivity index (χ0n) is 12.3. The highest BCUT2D eigenvalue weighted by atomic mass is 32.1. The van der Waals surface area contributed by atoms with Gasteiger partial charge >= 0.3 is 0 Å². The van der Waals surface area contributed by atoms with Crippen LogP contribution in [0.15, 0.2) is 53.9 Å². The molecule has 1 amide bonds. The van der Waals surface area contributed by atoms with Gasteiger partial charge in [-0.25, -0.2) is 0 Å². The summed E-state index contributed by atoms with van der Waals surface area (Å²) in [5.41, 5.74) is 1.01. The predicted octanol–water partition coefficient (Wildman–Crippen LogP) is 4.02. The van der Waals surface area contributed by atoms with Crippen molar-refractivity contribution in [2.24, 2.45) is 0 Å². The molecular weight excluding hydrogens is 294 g/mol. The van der Waals surface area contributed by atoms with E-state index < -0.39 is 0 Å². The summed E-state index contributed by atoms with van der Waals surface area (Å²) in [6.45, 7) is 2.88. The Morgan fingerprint density at radius 2 is 1.95 bits per heavy atom. The minimum absolute atomic E-state index is 0.0328. The molecule has 4 heteroatoms. The van der Waals surface area contributed by atoms with Gasteiger partial charge in [0.05, 0.1) is 11.4 Å². The molecule has 3 nitrogen and oxygen atoms in total. The summed E-state index contributed by atoms with van der Waals surface area (Å²) in [5, 5.41) is 7.15. The molecular formula is C18H17NO2S. The van der Waals surface area contributed by atoms with E-state index >= 15 is 0 Å². The molecule has 0 aliphatic heterocycles. The molecule has 0 bridgehead atoms. The normalized spacial score (nSPS) is 10.6. The lowest BCUT2D eigenvalue weighted by Gasteiger charge is -2.08. The molecule has 1 heterocycles. The summed E-state index contributed by atoms with van der Waals surface area (Å²) < 4.78 is 5.70. The fourth-order valence-electron chi connectivity index (χ4n) is 2.28. The molecule has 0 aliphatic carbocycles. The lowest BCUT2D eigenvalue weighted by molar-refractivity contribution is 0.0950. The quantitative estimate of drug-likeness (QED) is 0.723. The van der Waals surface area contributed by atoms with Gasteiger partial charge in [0.25, 0.3) is 5.91 Å². The third kappa shape index (κ3) is 3.28. The van der Waals surface area contributed by atoms with Gasteiger partial charge in [0.2, 0.25) is 0 Å². The second kappa shape index (κ2) is 6.62. The SMILES string of the molecule is Cc1ccsc1C(=O)NCCOc1ccc2ccccc2c1. The van der Waals surface area contributed by atoms with Crippen LogP contribution in [-0.2, 0) is 0 Å². The van der Waals surface area contributed by atoms with Gasteiger partial charge in [-0.2, -0.15) is 0 Å². The van der Waals surface area contributed by atoms with Crippen molar-refractivity contribution in [1.82, 2.24) is 5.32 Å².